The van der Waals surface area contributed by atoms with Crippen LogP contribution in [-0.4, -0.2) is 29.4 Å². The summed E-state index contributed by atoms with van der Waals surface area (Å²) in [5.74, 6) is -0.430. The number of ether oxygens (including phenoxy) is 1. The number of halogens is 1. The molecule has 4 aromatic carbocycles. The topological polar surface area (TPSA) is 95.9 Å². The van der Waals surface area contributed by atoms with Crippen LogP contribution >= 0.6 is 11.6 Å². The van der Waals surface area contributed by atoms with Crippen molar-refractivity contribution in [3.05, 3.63) is 124 Å². The molecule has 0 aliphatic carbocycles. The Balaban J connectivity index is 0.000000283. The molecule has 40 heavy (non-hydrogen) atoms. The van der Waals surface area contributed by atoms with Gasteiger partial charge < -0.3 is 20.1 Å². The minimum Gasteiger partial charge on any atom is -0.489 e. The van der Waals surface area contributed by atoms with Crippen LogP contribution in [0, 0.1) is 0 Å². The zero-order chi connectivity index (χ0) is 28.5. The van der Waals surface area contributed by atoms with E-state index in [9.17, 15) is 14.4 Å². The predicted octanol–water partition coefficient (Wildman–Crippen LogP) is 6.86. The minimum absolute atomic E-state index is 0.0159. The molecule has 0 saturated heterocycles. The van der Waals surface area contributed by atoms with Gasteiger partial charge in [-0.3, -0.25) is 9.59 Å². The fourth-order valence-corrected chi connectivity index (χ4v) is 4.42. The molecule has 5 rings (SSSR count). The Morgan fingerprint density at radius 1 is 0.900 bits per heavy atom. The highest BCUT2D eigenvalue weighted by molar-refractivity contribution is 6.30. The standard InChI is InChI=1S/C24H21NO4.C8H8ClNO/c26-23(25-14-4-8-18-6-1-2-9-22(18)25)19-10-12-21(13-11-19)29-16-17-5-3-7-20(15-17)24(27)28;1-6(11)10-8-4-2-7(9)3-5-8/h1-3,5-7,9-13,15H,4,8,14,16H2,(H,27,28);2-5H,1H3,(H,10,11). The van der Waals surface area contributed by atoms with Crippen LogP contribution in [0.15, 0.2) is 97.1 Å². The summed E-state index contributed by atoms with van der Waals surface area (Å²) in [4.78, 5) is 36.4. The van der Waals surface area contributed by atoms with Crippen molar-refractivity contribution < 1.29 is 24.2 Å². The van der Waals surface area contributed by atoms with E-state index in [0.29, 0.717) is 22.9 Å². The predicted molar refractivity (Wildman–Crippen MR) is 156 cm³/mol. The van der Waals surface area contributed by atoms with Gasteiger partial charge >= 0.3 is 5.97 Å². The number of carbonyl (C=O) groups is 3. The zero-order valence-corrected chi connectivity index (χ0v) is 22.7. The highest BCUT2D eigenvalue weighted by Crippen LogP contribution is 2.28. The first-order valence-electron chi connectivity index (χ1n) is 12.8. The molecule has 0 radical (unpaired) electrons. The molecule has 0 unspecified atom stereocenters. The average Bonchev–Trinajstić information content (AvgIpc) is 2.97. The van der Waals surface area contributed by atoms with E-state index in [1.54, 1.807) is 66.7 Å². The molecule has 0 spiro atoms. The first kappa shape index (κ1) is 28.4. The van der Waals surface area contributed by atoms with Crippen molar-refractivity contribution in [3.8, 4) is 5.75 Å². The van der Waals surface area contributed by atoms with Crippen molar-refractivity contribution in [2.75, 3.05) is 16.8 Å². The van der Waals surface area contributed by atoms with Gasteiger partial charge in [-0.25, -0.2) is 4.79 Å². The molecule has 7 nitrogen and oxygen atoms in total. The summed E-state index contributed by atoms with van der Waals surface area (Å²) < 4.78 is 5.75. The Labute approximate surface area is 238 Å². The third-order valence-electron chi connectivity index (χ3n) is 6.20. The van der Waals surface area contributed by atoms with E-state index in [0.717, 1.165) is 29.8 Å². The van der Waals surface area contributed by atoms with Gasteiger partial charge in [-0.2, -0.15) is 0 Å². The van der Waals surface area contributed by atoms with E-state index in [2.05, 4.69) is 11.4 Å². The summed E-state index contributed by atoms with van der Waals surface area (Å²) in [5.41, 5.74) is 4.57. The first-order chi connectivity index (χ1) is 19.3. The van der Waals surface area contributed by atoms with Crippen molar-refractivity contribution in [1.82, 2.24) is 0 Å². The summed E-state index contributed by atoms with van der Waals surface area (Å²) in [7, 11) is 0. The number of aromatic carboxylic acids is 1. The maximum atomic E-state index is 13.0. The summed E-state index contributed by atoms with van der Waals surface area (Å²) in [6, 6.07) is 28.7. The number of para-hydroxylation sites is 1. The molecular weight excluding hydrogens is 528 g/mol. The quantitative estimate of drug-likeness (QED) is 0.270. The lowest BCUT2D eigenvalue weighted by Gasteiger charge is -2.29. The number of hydrogen-bond donors (Lipinski definition) is 2. The Hall–Kier alpha value is -4.62. The summed E-state index contributed by atoms with van der Waals surface area (Å²) in [6.45, 7) is 2.44. The molecule has 1 aliphatic heterocycles. The maximum Gasteiger partial charge on any atom is 0.335 e. The summed E-state index contributed by atoms with van der Waals surface area (Å²) in [6.07, 6.45) is 1.95. The monoisotopic (exact) mass is 556 g/mol. The van der Waals surface area contributed by atoms with Gasteiger partial charge in [0.2, 0.25) is 5.91 Å². The average molecular weight is 557 g/mol. The highest BCUT2D eigenvalue weighted by atomic mass is 35.5. The van der Waals surface area contributed by atoms with Gasteiger partial charge in [-0.1, -0.05) is 41.9 Å². The molecule has 2 N–H and O–H groups in total. The van der Waals surface area contributed by atoms with Crippen molar-refractivity contribution in [2.45, 2.75) is 26.4 Å². The Morgan fingerprint density at radius 3 is 2.33 bits per heavy atom. The second-order valence-electron chi connectivity index (χ2n) is 9.20. The van der Waals surface area contributed by atoms with Crippen molar-refractivity contribution in [1.29, 1.82) is 0 Å². The number of benzene rings is 4. The number of fused-ring (bicyclic) bond motifs is 1. The van der Waals surface area contributed by atoms with Crippen LogP contribution in [0.3, 0.4) is 0 Å². The summed E-state index contributed by atoms with van der Waals surface area (Å²) >= 11 is 5.64. The van der Waals surface area contributed by atoms with Crippen LogP contribution in [0.4, 0.5) is 11.4 Å². The van der Waals surface area contributed by atoms with E-state index in [1.807, 2.05) is 29.2 Å². The fraction of sp³-hybridized carbons (Fsp3) is 0.156. The molecule has 4 aromatic rings. The lowest BCUT2D eigenvalue weighted by atomic mass is 10.0. The third kappa shape index (κ3) is 7.71. The molecule has 1 aliphatic rings. The molecular formula is C32H29ClN2O5. The Morgan fingerprint density at radius 2 is 1.62 bits per heavy atom. The molecule has 0 bridgehead atoms. The number of rotatable bonds is 6. The van der Waals surface area contributed by atoms with Crippen LogP contribution < -0.4 is 15.0 Å². The van der Waals surface area contributed by atoms with E-state index in [-0.39, 0.29) is 24.0 Å². The molecule has 8 heteroatoms. The fourth-order valence-electron chi connectivity index (χ4n) is 4.29. The second kappa shape index (κ2) is 13.4. The van der Waals surface area contributed by atoms with E-state index in [4.69, 9.17) is 21.4 Å². The lowest BCUT2D eigenvalue weighted by Crippen LogP contribution is -2.35. The van der Waals surface area contributed by atoms with E-state index >= 15 is 0 Å². The number of hydrogen-bond acceptors (Lipinski definition) is 4. The molecule has 0 saturated carbocycles. The number of nitrogens with zero attached hydrogens (tertiary/aromatic N) is 1. The number of nitrogens with one attached hydrogen (secondary N) is 1. The molecule has 0 atom stereocenters. The number of carboxylic acids is 1. The largest absolute Gasteiger partial charge is 0.489 e. The lowest BCUT2D eigenvalue weighted by molar-refractivity contribution is -0.114. The Kier molecular flexibility index (Phi) is 9.54. The number of carbonyl (C=O) groups excluding carboxylic acids is 2. The van der Waals surface area contributed by atoms with Crippen LogP contribution in [0.1, 0.15) is 45.2 Å². The van der Waals surface area contributed by atoms with Crippen molar-refractivity contribution in [3.63, 3.8) is 0 Å². The highest BCUT2D eigenvalue weighted by Gasteiger charge is 2.23. The maximum absolute atomic E-state index is 13.0. The van der Waals surface area contributed by atoms with Crippen molar-refractivity contribution >= 4 is 40.8 Å². The SMILES string of the molecule is CC(=O)Nc1ccc(Cl)cc1.O=C(O)c1cccc(COc2ccc(C(=O)N3CCCc4ccccc43)cc2)c1. The second-order valence-corrected chi connectivity index (χ2v) is 9.63. The number of aryl methyl sites for hydroxylation is 1. The molecule has 0 fully saturated rings. The minimum atomic E-state index is -0.964. The van der Waals surface area contributed by atoms with Crippen LogP contribution in [-0.2, 0) is 17.8 Å². The third-order valence-corrected chi connectivity index (χ3v) is 6.45. The van der Waals surface area contributed by atoms with Crippen LogP contribution in [0.5, 0.6) is 5.75 Å². The van der Waals surface area contributed by atoms with Crippen LogP contribution in [0.25, 0.3) is 0 Å². The van der Waals surface area contributed by atoms with E-state index in [1.165, 1.54) is 12.5 Å². The molecule has 204 valence electrons. The van der Waals surface area contributed by atoms with E-state index < -0.39 is 5.97 Å². The number of carboxylic acid groups (broad SMARTS) is 1. The van der Waals surface area contributed by atoms with Gasteiger partial charge in [0.05, 0.1) is 5.56 Å². The Bertz CT molecular complexity index is 1490. The van der Waals surface area contributed by atoms with Gasteiger partial charge in [0.25, 0.3) is 5.91 Å². The van der Waals surface area contributed by atoms with Crippen molar-refractivity contribution in [2.24, 2.45) is 0 Å². The molecule has 0 aromatic heterocycles. The van der Waals surface area contributed by atoms with Crippen LogP contribution in [0.2, 0.25) is 5.02 Å². The first-order valence-corrected chi connectivity index (χ1v) is 13.2. The van der Waals surface area contributed by atoms with Gasteiger partial charge in [-0.05, 0) is 90.7 Å². The smallest absolute Gasteiger partial charge is 0.335 e. The molecule has 2 amide bonds. The van der Waals surface area contributed by atoms with Gasteiger partial charge in [0, 0.05) is 35.4 Å². The summed E-state index contributed by atoms with van der Waals surface area (Å²) in [5, 5.41) is 12.4. The number of anilines is 2. The normalized spacial score (nSPS) is 11.9. The zero-order valence-electron chi connectivity index (χ0n) is 22.0. The number of amides is 2. The van der Waals surface area contributed by atoms with Gasteiger partial charge in [-0.15, -0.1) is 0 Å². The van der Waals surface area contributed by atoms with Gasteiger partial charge in [0.15, 0.2) is 0 Å². The van der Waals surface area contributed by atoms with Gasteiger partial charge in [0.1, 0.15) is 12.4 Å². The molecule has 1 heterocycles.